The van der Waals surface area contributed by atoms with E-state index in [4.69, 9.17) is 10.5 Å². The van der Waals surface area contributed by atoms with E-state index in [9.17, 15) is 5.11 Å². The van der Waals surface area contributed by atoms with Gasteiger partial charge in [0, 0.05) is 25.2 Å². The highest BCUT2D eigenvalue weighted by atomic mass is 16.5. The van der Waals surface area contributed by atoms with E-state index >= 15 is 0 Å². The second kappa shape index (κ2) is 6.08. The van der Waals surface area contributed by atoms with Crippen molar-refractivity contribution in [2.45, 2.75) is 71.2 Å². The number of rotatable bonds is 5. The lowest BCUT2D eigenvalue weighted by Gasteiger charge is -2.50. The van der Waals surface area contributed by atoms with E-state index in [1.807, 2.05) is 0 Å². The van der Waals surface area contributed by atoms with Crippen molar-refractivity contribution in [2.24, 2.45) is 11.7 Å². The number of nitrogens with zero attached hydrogens (tertiary/aromatic N) is 1. The summed E-state index contributed by atoms with van der Waals surface area (Å²) in [5.74, 6) is 0.547. The number of morpholine rings is 1. The fourth-order valence-corrected chi connectivity index (χ4v) is 3.30. The van der Waals surface area contributed by atoms with Crippen LogP contribution >= 0.6 is 0 Å². The number of ether oxygens (including phenoxy) is 1. The SMILES string of the molecule is CC(C)CC(N)C(CO)N1CC(C)(C)OC(C)(C)C1. The standard InChI is InChI=1S/C15H32N2O2/c1-11(2)7-12(16)13(8-18)17-9-14(3,4)19-15(5,6)10-17/h11-13,18H,7-10,16H2,1-6H3. The lowest BCUT2D eigenvalue weighted by molar-refractivity contribution is -0.191. The van der Waals surface area contributed by atoms with Crippen LogP contribution in [0.3, 0.4) is 0 Å². The quantitative estimate of drug-likeness (QED) is 0.798. The van der Waals surface area contributed by atoms with Crippen molar-refractivity contribution in [1.29, 1.82) is 0 Å². The maximum absolute atomic E-state index is 9.74. The summed E-state index contributed by atoms with van der Waals surface area (Å²) in [6.45, 7) is 14.5. The molecule has 1 saturated heterocycles. The molecular formula is C15H32N2O2. The van der Waals surface area contributed by atoms with E-state index < -0.39 is 0 Å². The first-order chi connectivity index (χ1) is 8.56. The first kappa shape index (κ1) is 16.9. The van der Waals surface area contributed by atoms with Crippen molar-refractivity contribution >= 4 is 0 Å². The Morgan fingerprint density at radius 3 is 2.00 bits per heavy atom. The Morgan fingerprint density at radius 2 is 1.63 bits per heavy atom. The van der Waals surface area contributed by atoms with Crippen LogP contribution in [0.4, 0.5) is 0 Å². The monoisotopic (exact) mass is 272 g/mol. The molecule has 0 bridgehead atoms. The van der Waals surface area contributed by atoms with Crippen molar-refractivity contribution in [2.75, 3.05) is 19.7 Å². The first-order valence-electron chi connectivity index (χ1n) is 7.37. The van der Waals surface area contributed by atoms with Gasteiger partial charge in [0.25, 0.3) is 0 Å². The van der Waals surface area contributed by atoms with Gasteiger partial charge < -0.3 is 15.6 Å². The molecule has 0 aromatic carbocycles. The van der Waals surface area contributed by atoms with Crippen LogP contribution in [-0.2, 0) is 4.74 Å². The van der Waals surface area contributed by atoms with Gasteiger partial charge in [0.05, 0.1) is 17.8 Å². The van der Waals surface area contributed by atoms with Crippen molar-refractivity contribution in [3.63, 3.8) is 0 Å². The number of aliphatic hydroxyl groups excluding tert-OH is 1. The first-order valence-corrected chi connectivity index (χ1v) is 7.37. The Balaban J connectivity index is 2.79. The fourth-order valence-electron chi connectivity index (χ4n) is 3.30. The number of aliphatic hydroxyl groups is 1. The maximum Gasteiger partial charge on any atom is 0.0760 e. The van der Waals surface area contributed by atoms with Crippen LogP contribution in [0, 0.1) is 5.92 Å². The summed E-state index contributed by atoms with van der Waals surface area (Å²) in [5.41, 5.74) is 5.89. The number of hydrogen-bond donors (Lipinski definition) is 2. The molecule has 1 rings (SSSR count). The molecule has 0 spiro atoms. The van der Waals surface area contributed by atoms with E-state index in [1.54, 1.807) is 0 Å². The minimum atomic E-state index is -0.202. The lowest BCUT2D eigenvalue weighted by atomic mass is 9.92. The third-order valence-corrected chi connectivity index (χ3v) is 3.61. The Hall–Kier alpha value is -0.160. The molecule has 0 aliphatic carbocycles. The van der Waals surface area contributed by atoms with E-state index in [2.05, 4.69) is 46.4 Å². The summed E-state index contributed by atoms with van der Waals surface area (Å²) in [5, 5.41) is 9.74. The van der Waals surface area contributed by atoms with Gasteiger partial charge in [0.1, 0.15) is 0 Å². The zero-order valence-electron chi connectivity index (χ0n) is 13.4. The van der Waals surface area contributed by atoms with Crippen molar-refractivity contribution in [1.82, 2.24) is 4.90 Å². The van der Waals surface area contributed by atoms with Gasteiger partial charge in [-0.1, -0.05) is 13.8 Å². The lowest BCUT2D eigenvalue weighted by Crippen LogP contribution is -2.63. The summed E-state index contributed by atoms with van der Waals surface area (Å²) in [7, 11) is 0. The molecule has 2 atom stereocenters. The minimum Gasteiger partial charge on any atom is -0.395 e. The molecule has 1 aliphatic heterocycles. The maximum atomic E-state index is 9.74. The van der Waals surface area contributed by atoms with Crippen LogP contribution in [0.1, 0.15) is 48.0 Å². The van der Waals surface area contributed by atoms with Gasteiger partial charge in [-0.05, 0) is 40.0 Å². The molecule has 0 aromatic rings. The Bertz CT molecular complexity index is 274. The summed E-state index contributed by atoms with van der Waals surface area (Å²) in [4.78, 5) is 2.30. The smallest absolute Gasteiger partial charge is 0.0760 e. The Labute approximate surface area is 118 Å². The van der Waals surface area contributed by atoms with Crippen molar-refractivity contribution < 1.29 is 9.84 Å². The predicted molar refractivity (Wildman–Crippen MR) is 79.1 cm³/mol. The highest BCUT2D eigenvalue weighted by Crippen LogP contribution is 2.30. The molecule has 3 N–H and O–H groups in total. The highest BCUT2D eigenvalue weighted by Gasteiger charge is 2.41. The summed E-state index contributed by atoms with van der Waals surface area (Å²) in [6.07, 6.45) is 0.934. The Kier molecular flexibility index (Phi) is 5.41. The molecule has 0 amide bonds. The second-order valence-corrected chi connectivity index (χ2v) is 7.57. The highest BCUT2D eigenvalue weighted by molar-refractivity contribution is 4.94. The number of hydrogen-bond acceptors (Lipinski definition) is 4. The minimum absolute atomic E-state index is 0.00898. The summed E-state index contributed by atoms with van der Waals surface area (Å²) in [6, 6.07) is 0.0274. The molecule has 0 radical (unpaired) electrons. The normalized spacial score (nSPS) is 26.4. The van der Waals surface area contributed by atoms with Crippen molar-refractivity contribution in [3.8, 4) is 0 Å². The molecule has 0 aromatic heterocycles. The van der Waals surface area contributed by atoms with Crippen LogP contribution < -0.4 is 5.73 Å². The van der Waals surface area contributed by atoms with Gasteiger partial charge in [0.2, 0.25) is 0 Å². The number of nitrogens with two attached hydrogens (primary N) is 1. The van der Waals surface area contributed by atoms with Gasteiger partial charge >= 0.3 is 0 Å². The zero-order chi connectivity index (χ0) is 14.8. The predicted octanol–water partition coefficient (Wildman–Crippen LogP) is 1.61. The fraction of sp³-hybridized carbons (Fsp3) is 1.00. The van der Waals surface area contributed by atoms with Gasteiger partial charge in [0.15, 0.2) is 0 Å². The van der Waals surface area contributed by atoms with E-state index in [1.165, 1.54) is 0 Å². The van der Waals surface area contributed by atoms with Crippen LogP contribution in [-0.4, -0.2) is 53.0 Å². The zero-order valence-corrected chi connectivity index (χ0v) is 13.4. The summed E-state index contributed by atoms with van der Waals surface area (Å²) < 4.78 is 6.08. The topological polar surface area (TPSA) is 58.7 Å². The molecule has 4 nitrogen and oxygen atoms in total. The van der Waals surface area contributed by atoms with Crippen LogP contribution in [0.25, 0.3) is 0 Å². The average Bonchev–Trinajstić information content (AvgIpc) is 2.11. The molecule has 1 fully saturated rings. The molecule has 1 heterocycles. The van der Waals surface area contributed by atoms with Crippen LogP contribution in [0.2, 0.25) is 0 Å². The van der Waals surface area contributed by atoms with Gasteiger partial charge in [-0.3, -0.25) is 4.90 Å². The van der Waals surface area contributed by atoms with Crippen molar-refractivity contribution in [3.05, 3.63) is 0 Å². The molecule has 1 aliphatic rings. The van der Waals surface area contributed by atoms with Crippen LogP contribution in [0.5, 0.6) is 0 Å². The molecule has 2 unspecified atom stereocenters. The van der Waals surface area contributed by atoms with Gasteiger partial charge in [-0.25, -0.2) is 0 Å². The molecule has 4 heteroatoms. The van der Waals surface area contributed by atoms with Gasteiger partial charge in [-0.2, -0.15) is 0 Å². The van der Waals surface area contributed by atoms with Crippen LogP contribution in [0.15, 0.2) is 0 Å². The molecular weight excluding hydrogens is 240 g/mol. The molecule has 19 heavy (non-hydrogen) atoms. The Morgan fingerprint density at radius 1 is 1.16 bits per heavy atom. The third-order valence-electron chi connectivity index (χ3n) is 3.61. The van der Waals surface area contributed by atoms with E-state index in [0.29, 0.717) is 5.92 Å². The average molecular weight is 272 g/mol. The molecule has 0 saturated carbocycles. The largest absolute Gasteiger partial charge is 0.395 e. The summed E-state index contributed by atoms with van der Waals surface area (Å²) >= 11 is 0. The third kappa shape index (κ3) is 5.03. The molecule has 114 valence electrons. The van der Waals surface area contributed by atoms with Gasteiger partial charge in [-0.15, -0.1) is 0 Å². The van der Waals surface area contributed by atoms with E-state index in [0.717, 1.165) is 19.5 Å². The van der Waals surface area contributed by atoms with E-state index in [-0.39, 0.29) is 29.9 Å². The second-order valence-electron chi connectivity index (χ2n) is 7.57.